The molecule has 30 heavy (non-hydrogen) atoms. The fourth-order valence-corrected chi connectivity index (χ4v) is 4.08. The Morgan fingerprint density at radius 2 is 1.83 bits per heavy atom. The number of aromatic nitrogens is 2. The van der Waals surface area contributed by atoms with Crippen molar-refractivity contribution in [2.75, 3.05) is 6.54 Å². The quantitative estimate of drug-likeness (QED) is 0.545. The van der Waals surface area contributed by atoms with Gasteiger partial charge in [-0.3, -0.25) is 14.6 Å². The first-order valence-electron chi connectivity index (χ1n) is 9.98. The fraction of sp³-hybridized carbons (Fsp3) is 0.409. The molecule has 0 aliphatic heterocycles. The van der Waals surface area contributed by atoms with Crippen LogP contribution in [0.3, 0.4) is 0 Å². The molecule has 0 spiro atoms. The van der Waals surface area contributed by atoms with Gasteiger partial charge in [-0.05, 0) is 47.9 Å². The molecule has 0 atom stereocenters. The number of hydrogen-bond acceptors (Lipinski definition) is 4. The number of nitrogens with one attached hydrogen (secondary N) is 3. The number of thiazole rings is 1. The van der Waals surface area contributed by atoms with Crippen LogP contribution in [0.15, 0.2) is 29.9 Å². The van der Waals surface area contributed by atoms with Gasteiger partial charge in [0.15, 0.2) is 4.96 Å². The van der Waals surface area contributed by atoms with E-state index in [1.807, 2.05) is 16.0 Å². The van der Waals surface area contributed by atoms with Crippen LogP contribution in [0, 0.1) is 13.8 Å². The minimum absolute atomic E-state index is 0.104. The standard InChI is InChI=1S/C22H29N5O2S/c1-14-10-16(22(3,4)5)11-15(2)18(14)6-7-23-20(29)26-25-19(28)12-17-13-27-8-9-30-21(27)24-17/h8-11,13H,6-7,12H2,1-5H3,(H,25,28)(H2,23,26,29). The Morgan fingerprint density at radius 1 is 1.13 bits per heavy atom. The van der Waals surface area contributed by atoms with Crippen LogP contribution in [0.25, 0.3) is 4.96 Å². The molecule has 0 aliphatic rings. The molecular weight excluding hydrogens is 398 g/mol. The van der Waals surface area contributed by atoms with Gasteiger partial charge in [0.2, 0.25) is 5.91 Å². The van der Waals surface area contributed by atoms with Crippen molar-refractivity contribution < 1.29 is 9.59 Å². The van der Waals surface area contributed by atoms with Crippen LogP contribution in [0.1, 0.15) is 48.7 Å². The van der Waals surface area contributed by atoms with Crippen molar-refractivity contribution in [1.82, 2.24) is 25.6 Å². The maximum Gasteiger partial charge on any atom is 0.333 e. The third-order valence-corrected chi connectivity index (χ3v) is 5.79. The van der Waals surface area contributed by atoms with Crippen LogP contribution >= 0.6 is 11.3 Å². The lowest BCUT2D eigenvalue weighted by Crippen LogP contribution is -2.47. The molecule has 0 saturated carbocycles. The zero-order valence-electron chi connectivity index (χ0n) is 18.1. The lowest BCUT2D eigenvalue weighted by molar-refractivity contribution is -0.121. The van der Waals surface area contributed by atoms with Crippen molar-refractivity contribution in [1.29, 1.82) is 0 Å². The van der Waals surface area contributed by atoms with Crippen molar-refractivity contribution in [3.63, 3.8) is 0 Å². The van der Waals surface area contributed by atoms with Gasteiger partial charge in [-0.15, -0.1) is 11.3 Å². The molecule has 2 heterocycles. The zero-order chi connectivity index (χ0) is 21.9. The highest BCUT2D eigenvalue weighted by Crippen LogP contribution is 2.27. The largest absolute Gasteiger partial charge is 0.336 e. The Balaban J connectivity index is 1.43. The number of hydrazine groups is 1. The summed E-state index contributed by atoms with van der Waals surface area (Å²) in [5.41, 5.74) is 10.6. The van der Waals surface area contributed by atoms with Crippen molar-refractivity contribution in [2.24, 2.45) is 0 Å². The van der Waals surface area contributed by atoms with Crippen LogP contribution < -0.4 is 16.2 Å². The van der Waals surface area contributed by atoms with E-state index < -0.39 is 6.03 Å². The van der Waals surface area contributed by atoms with Crippen molar-refractivity contribution in [2.45, 2.75) is 52.9 Å². The van der Waals surface area contributed by atoms with Crippen LogP contribution in [0.2, 0.25) is 0 Å². The fourth-order valence-electron chi connectivity index (χ4n) is 3.36. The predicted molar refractivity (Wildman–Crippen MR) is 120 cm³/mol. The van der Waals surface area contributed by atoms with E-state index in [1.165, 1.54) is 33.6 Å². The second kappa shape index (κ2) is 8.87. The number of rotatable bonds is 5. The second-order valence-electron chi connectivity index (χ2n) is 8.52. The summed E-state index contributed by atoms with van der Waals surface area (Å²) in [5, 5.41) is 4.71. The van der Waals surface area contributed by atoms with Crippen LogP contribution in [-0.2, 0) is 23.1 Å². The molecule has 0 unspecified atom stereocenters. The highest BCUT2D eigenvalue weighted by Gasteiger charge is 2.16. The Morgan fingerprint density at radius 3 is 2.47 bits per heavy atom. The molecular formula is C22H29N5O2S. The third-order valence-electron chi connectivity index (χ3n) is 5.02. The second-order valence-corrected chi connectivity index (χ2v) is 9.39. The molecule has 3 rings (SSSR count). The van der Waals surface area contributed by atoms with E-state index in [4.69, 9.17) is 0 Å². The summed E-state index contributed by atoms with van der Waals surface area (Å²) in [4.78, 5) is 29.2. The minimum Gasteiger partial charge on any atom is -0.336 e. The summed E-state index contributed by atoms with van der Waals surface area (Å²) in [7, 11) is 0. The summed E-state index contributed by atoms with van der Waals surface area (Å²) in [5.74, 6) is -0.319. The van der Waals surface area contributed by atoms with Crippen LogP contribution in [0.5, 0.6) is 0 Å². The van der Waals surface area contributed by atoms with E-state index in [2.05, 4.69) is 67.9 Å². The third kappa shape index (κ3) is 5.38. The molecule has 0 radical (unpaired) electrons. The van der Waals surface area contributed by atoms with Gasteiger partial charge in [0.25, 0.3) is 0 Å². The Labute approximate surface area is 180 Å². The summed E-state index contributed by atoms with van der Waals surface area (Å²) in [6.07, 6.45) is 4.53. The van der Waals surface area contributed by atoms with E-state index in [1.54, 1.807) is 6.20 Å². The average Bonchev–Trinajstić information content (AvgIpc) is 3.22. The highest BCUT2D eigenvalue weighted by atomic mass is 32.1. The molecule has 2 aromatic heterocycles. The topological polar surface area (TPSA) is 87.5 Å². The Kier molecular flexibility index (Phi) is 6.45. The van der Waals surface area contributed by atoms with Gasteiger partial charge >= 0.3 is 6.03 Å². The smallest absolute Gasteiger partial charge is 0.333 e. The first kappa shape index (κ1) is 21.8. The summed E-state index contributed by atoms with van der Waals surface area (Å²) in [6.45, 7) is 11.3. The number of urea groups is 1. The molecule has 8 heteroatoms. The van der Waals surface area contributed by atoms with Gasteiger partial charge in [-0.1, -0.05) is 32.9 Å². The molecule has 7 nitrogen and oxygen atoms in total. The first-order valence-corrected chi connectivity index (χ1v) is 10.9. The van der Waals surface area contributed by atoms with Gasteiger partial charge in [0.1, 0.15) is 0 Å². The average molecular weight is 428 g/mol. The SMILES string of the molecule is Cc1cc(C(C)(C)C)cc(C)c1CCNC(=O)NNC(=O)Cc1cn2ccsc2n1. The number of benzene rings is 1. The van der Waals surface area contributed by atoms with E-state index in [0.29, 0.717) is 12.2 Å². The molecule has 3 amide bonds. The lowest BCUT2D eigenvalue weighted by atomic mass is 9.83. The zero-order valence-corrected chi connectivity index (χ0v) is 18.9. The molecule has 0 bridgehead atoms. The number of aryl methyl sites for hydroxylation is 2. The molecule has 0 fully saturated rings. The Hall–Kier alpha value is -2.87. The monoisotopic (exact) mass is 427 g/mol. The van der Waals surface area contributed by atoms with Gasteiger partial charge in [0, 0.05) is 24.3 Å². The van der Waals surface area contributed by atoms with E-state index >= 15 is 0 Å². The van der Waals surface area contributed by atoms with Crippen molar-refractivity contribution in [3.8, 4) is 0 Å². The van der Waals surface area contributed by atoms with Crippen molar-refractivity contribution >= 4 is 28.2 Å². The molecule has 3 aromatic rings. The van der Waals surface area contributed by atoms with Gasteiger partial charge in [0.05, 0.1) is 12.1 Å². The lowest BCUT2D eigenvalue weighted by Gasteiger charge is -2.22. The highest BCUT2D eigenvalue weighted by molar-refractivity contribution is 7.15. The molecule has 1 aromatic carbocycles. The molecule has 0 saturated heterocycles. The summed E-state index contributed by atoms with van der Waals surface area (Å²) < 4.78 is 1.87. The number of nitrogens with zero attached hydrogens (tertiary/aromatic N) is 2. The first-order chi connectivity index (χ1) is 14.1. The van der Waals surface area contributed by atoms with E-state index in [0.717, 1.165) is 11.4 Å². The predicted octanol–water partition coefficient (Wildman–Crippen LogP) is 3.43. The summed E-state index contributed by atoms with van der Waals surface area (Å²) >= 11 is 1.50. The Bertz CT molecular complexity index is 1010. The molecule has 160 valence electrons. The maximum atomic E-state index is 12.0. The number of hydrogen-bond donors (Lipinski definition) is 3. The van der Waals surface area contributed by atoms with Crippen LogP contribution in [0.4, 0.5) is 4.79 Å². The maximum absolute atomic E-state index is 12.0. The molecule has 0 aliphatic carbocycles. The number of carbonyl (C=O) groups is 2. The number of imidazole rings is 1. The van der Waals surface area contributed by atoms with Crippen molar-refractivity contribution in [3.05, 3.63) is 57.9 Å². The van der Waals surface area contributed by atoms with E-state index in [9.17, 15) is 9.59 Å². The number of fused-ring (bicyclic) bond motifs is 1. The minimum atomic E-state index is -0.434. The van der Waals surface area contributed by atoms with Crippen LogP contribution in [-0.4, -0.2) is 27.9 Å². The van der Waals surface area contributed by atoms with Gasteiger partial charge in [-0.25, -0.2) is 15.2 Å². The number of carbonyl (C=O) groups excluding carboxylic acids is 2. The normalized spacial score (nSPS) is 11.5. The van der Waals surface area contributed by atoms with Gasteiger partial charge in [-0.2, -0.15) is 0 Å². The molecule has 3 N–H and O–H groups in total. The number of amides is 3. The van der Waals surface area contributed by atoms with Gasteiger partial charge < -0.3 is 5.32 Å². The summed E-state index contributed by atoms with van der Waals surface area (Å²) in [6, 6.07) is 4.02. The van der Waals surface area contributed by atoms with E-state index in [-0.39, 0.29) is 17.7 Å².